The molecule has 1 aliphatic rings. The molecule has 4 heteroatoms. The van der Waals surface area contributed by atoms with Crippen LogP contribution in [-0.2, 0) is 19.3 Å². The van der Waals surface area contributed by atoms with E-state index in [0.717, 1.165) is 35.7 Å². The largest absolute Gasteiger partial charge is 0.383 e. The van der Waals surface area contributed by atoms with Gasteiger partial charge in [0.25, 0.3) is 0 Å². The van der Waals surface area contributed by atoms with Gasteiger partial charge in [0.1, 0.15) is 17.5 Å². The van der Waals surface area contributed by atoms with Crippen molar-refractivity contribution in [2.24, 2.45) is 0 Å². The Kier molecular flexibility index (Phi) is 3.78. The molecule has 0 atom stereocenters. The fourth-order valence-corrected chi connectivity index (χ4v) is 2.83. The molecule has 1 aromatic carbocycles. The Balaban J connectivity index is 1.90. The molecule has 0 spiro atoms. The summed E-state index contributed by atoms with van der Waals surface area (Å²) in [5, 5.41) is 3.41. The van der Waals surface area contributed by atoms with Crippen molar-refractivity contribution in [2.75, 3.05) is 11.1 Å². The highest BCUT2D eigenvalue weighted by atomic mass is 15.1. The maximum atomic E-state index is 6.00. The van der Waals surface area contributed by atoms with Gasteiger partial charge in [0.05, 0.1) is 0 Å². The molecule has 3 rings (SSSR count). The molecule has 0 fully saturated rings. The number of rotatable bonds is 4. The van der Waals surface area contributed by atoms with Crippen molar-refractivity contribution in [1.29, 1.82) is 0 Å². The third kappa shape index (κ3) is 2.84. The minimum Gasteiger partial charge on any atom is -0.383 e. The summed E-state index contributed by atoms with van der Waals surface area (Å²) in [4.78, 5) is 8.96. The van der Waals surface area contributed by atoms with Crippen LogP contribution >= 0.6 is 0 Å². The van der Waals surface area contributed by atoms with E-state index in [2.05, 4.69) is 40.4 Å². The van der Waals surface area contributed by atoms with E-state index in [-0.39, 0.29) is 0 Å². The van der Waals surface area contributed by atoms with Gasteiger partial charge >= 0.3 is 0 Å². The van der Waals surface area contributed by atoms with Crippen LogP contribution < -0.4 is 11.1 Å². The van der Waals surface area contributed by atoms with Gasteiger partial charge in [-0.05, 0) is 55.9 Å². The van der Waals surface area contributed by atoms with Crippen molar-refractivity contribution in [3.63, 3.8) is 0 Å². The first-order valence-corrected chi connectivity index (χ1v) is 7.69. The molecule has 0 saturated heterocycles. The van der Waals surface area contributed by atoms with Gasteiger partial charge in [-0.3, -0.25) is 0 Å². The molecule has 0 amide bonds. The highest BCUT2D eigenvalue weighted by molar-refractivity contribution is 5.64. The molecule has 1 aromatic heterocycles. The zero-order valence-electron chi connectivity index (χ0n) is 12.7. The molecule has 21 heavy (non-hydrogen) atoms. The van der Waals surface area contributed by atoms with E-state index in [1.54, 1.807) is 0 Å². The molecule has 2 aromatic rings. The molecule has 0 saturated carbocycles. The normalized spacial score (nSPS) is 13.2. The van der Waals surface area contributed by atoms with Gasteiger partial charge in [-0.1, -0.05) is 13.0 Å². The first kappa shape index (κ1) is 13.9. The van der Waals surface area contributed by atoms with E-state index in [1.165, 1.54) is 30.4 Å². The minimum absolute atomic E-state index is 0.567. The number of hydrogen-bond donors (Lipinski definition) is 2. The number of benzene rings is 1. The van der Waals surface area contributed by atoms with E-state index in [9.17, 15) is 0 Å². The Morgan fingerprint density at radius 1 is 1.19 bits per heavy atom. The Labute approximate surface area is 125 Å². The number of nitrogen functional groups attached to an aromatic ring is 1. The maximum Gasteiger partial charge on any atom is 0.139 e. The summed E-state index contributed by atoms with van der Waals surface area (Å²) in [7, 11) is 0. The average molecular weight is 282 g/mol. The highest BCUT2D eigenvalue weighted by Gasteiger charge is 2.13. The van der Waals surface area contributed by atoms with Crippen LogP contribution in [0.5, 0.6) is 0 Å². The molecule has 4 nitrogen and oxygen atoms in total. The van der Waals surface area contributed by atoms with Crippen LogP contribution in [0.3, 0.4) is 0 Å². The van der Waals surface area contributed by atoms with Gasteiger partial charge in [-0.15, -0.1) is 0 Å². The second-order valence-electron chi connectivity index (χ2n) is 5.71. The molecular weight excluding hydrogens is 260 g/mol. The van der Waals surface area contributed by atoms with Crippen LogP contribution in [0.2, 0.25) is 0 Å². The maximum absolute atomic E-state index is 6.00. The van der Waals surface area contributed by atoms with Crippen molar-refractivity contribution in [2.45, 2.75) is 46.0 Å². The van der Waals surface area contributed by atoms with Crippen molar-refractivity contribution in [3.05, 3.63) is 40.7 Å². The standard InChI is InChI=1S/C17H22N4/c1-3-5-15-20-16(18)11(2)17(21-15)19-14-9-8-12-6-4-7-13(12)10-14/h8-10H,3-7H2,1-2H3,(H3,18,19,20,21). The summed E-state index contributed by atoms with van der Waals surface area (Å²) < 4.78 is 0. The number of anilines is 3. The zero-order valence-corrected chi connectivity index (χ0v) is 12.7. The smallest absolute Gasteiger partial charge is 0.139 e. The zero-order chi connectivity index (χ0) is 14.8. The summed E-state index contributed by atoms with van der Waals surface area (Å²) >= 11 is 0. The van der Waals surface area contributed by atoms with E-state index in [1.807, 2.05) is 6.92 Å². The Bertz CT molecular complexity index is 664. The lowest BCUT2D eigenvalue weighted by Gasteiger charge is -2.13. The molecule has 0 radical (unpaired) electrons. The van der Waals surface area contributed by atoms with Crippen LogP contribution in [0.4, 0.5) is 17.3 Å². The number of nitrogens with one attached hydrogen (secondary N) is 1. The fraction of sp³-hybridized carbons (Fsp3) is 0.412. The van der Waals surface area contributed by atoms with Crippen LogP contribution in [0.1, 0.15) is 42.3 Å². The number of nitrogens with two attached hydrogens (primary N) is 1. The Morgan fingerprint density at radius 2 is 2.00 bits per heavy atom. The molecule has 1 heterocycles. The van der Waals surface area contributed by atoms with Gasteiger partial charge in [0.15, 0.2) is 0 Å². The van der Waals surface area contributed by atoms with Crippen molar-refractivity contribution in [1.82, 2.24) is 9.97 Å². The molecule has 0 aliphatic heterocycles. The molecule has 0 bridgehead atoms. The van der Waals surface area contributed by atoms with Gasteiger partial charge < -0.3 is 11.1 Å². The van der Waals surface area contributed by atoms with Gasteiger partial charge in [0, 0.05) is 17.7 Å². The predicted molar refractivity (Wildman–Crippen MR) is 86.9 cm³/mol. The van der Waals surface area contributed by atoms with E-state index >= 15 is 0 Å². The first-order valence-electron chi connectivity index (χ1n) is 7.69. The monoisotopic (exact) mass is 282 g/mol. The number of nitrogens with zero attached hydrogens (tertiary/aromatic N) is 2. The lowest BCUT2D eigenvalue weighted by Crippen LogP contribution is -2.07. The third-order valence-corrected chi connectivity index (χ3v) is 4.06. The van der Waals surface area contributed by atoms with Gasteiger partial charge in [0.2, 0.25) is 0 Å². The summed E-state index contributed by atoms with van der Waals surface area (Å²) in [5.41, 5.74) is 10.9. The third-order valence-electron chi connectivity index (χ3n) is 4.06. The molecule has 1 aliphatic carbocycles. The number of aryl methyl sites for hydroxylation is 3. The Hall–Kier alpha value is -2.10. The van der Waals surface area contributed by atoms with Crippen LogP contribution in [0.25, 0.3) is 0 Å². The van der Waals surface area contributed by atoms with Gasteiger partial charge in [-0.25, -0.2) is 9.97 Å². The quantitative estimate of drug-likeness (QED) is 0.900. The topological polar surface area (TPSA) is 63.8 Å². The van der Waals surface area contributed by atoms with Crippen LogP contribution in [0.15, 0.2) is 18.2 Å². The van der Waals surface area contributed by atoms with Crippen molar-refractivity contribution >= 4 is 17.3 Å². The first-order chi connectivity index (χ1) is 10.2. The fourth-order valence-electron chi connectivity index (χ4n) is 2.83. The Morgan fingerprint density at radius 3 is 2.81 bits per heavy atom. The number of fused-ring (bicyclic) bond motifs is 1. The summed E-state index contributed by atoms with van der Waals surface area (Å²) in [6.07, 6.45) is 5.51. The van der Waals surface area contributed by atoms with Crippen molar-refractivity contribution in [3.8, 4) is 0 Å². The van der Waals surface area contributed by atoms with Crippen molar-refractivity contribution < 1.29 is 0 Å². The predicted octanol–water partition coefficient (Wildman–Crippen LogP) is 3.55. The minimum atomic E-state index is 0.567. The summed E-state index contributed by atoms with van der Waals surface area (Å²) in [6, 6.07) is 6.58. The number of hydrogen-bond acceptors (Lipinski definition) is 4. The number of aromatic nitrogens is 2. The summed E-state index contributed by atoms with van der Waals surface area (Å²) in [6.45, 7) is 4.08. The van der Waals surface area contributed by atoms with E-state index < -0.39 is 0 Å². The second kappa shape index (κ2) is 5.72. The van der Waals surface area contributed by atoms with Crippen LogP contribution in [-0.4, -0.2) is 9.97 Å². The molecular formula is C17H22N4. The molecule has 0 unspecified atom stereocenters. The van der Waals surface area contributed by atoms with Gasteiger partial charge in [-0.2, -0.15) is 0 Å². The van der Waals surface area contributed by atoms with E-state index in [0.29, 0.717) is 5.82 Å². The van der Waals surface area contributed by atoms with E-state index in [4.69, 9.17) is 5.73 Å². The average Bonchev–Trinajstić information content (AvgIpc) is 2.92. The summed E-state index contributed by atoms with van der Waals surface area (Å²) in [5.74, 6) is 2.20. The second-order valence-corrected chi connectivity index (χ2v) is 5.71. The highest BCUT2D eigenvalue weighted by Crippen LogP contribution is 2.28. The van der Waals surface area contributed by atoms with Crippen LogP contribution in [0, 0.1) is 6.92 Å². The molecule has 3 N–H and O–H groups in total. The lowest BCUT2D eigenvalue weighted by atomic mass is 10.1. The SMILES string of the molecule is CCCc1nc(N)c(C)c(Nc2ccc3c(c2)CCC3)n1. The molecule has 110 valence electrons. The lowest BCUT2D eigenvalue weighted by molar-refractivity contribution is 0.836.